The number of hydrogen-bond donors (Lipinski definition) is 1. The molecule has 102 valence electrons. The Morgan fingerprint density at radius 1 is 1.11 bits per heavy atom. The van der Waals surface area contributed by atoms with Gasteiger partial charge in [-0.05, 0) is 67.5 Å². The summed E-state index contributed by atoms with van der Waals surface area (Å²) in [5.41, 5.74) is 3.31. The van der Waals surface area contributed by atoms with Gasteiger partial charge in [-0.3, -0.25) is 0 Å². The van der Waals surface area contributed by atoms with Crippen LogP contribution in [0.4, 0.5) is 0 Å². The number of aryl methyl sites for hydroxylation is 1. The molecule has 0 heterocycles. The molecular weight excluding hydrogens is 230 g/mol. The van der Waals surface area contributed by atoms with Crippen LogP contribution in [0.15, 0.2) is 24.3 Å². The van der Waals surface area contributed by atoms with Gasteiger partial charge in [0.05, 0.1) is 0 Å². The Labute approximate surface area is 116 Å². The van der Waals surface area contributed by atoms with Crippen LogP contribution in [0.2, 0.25) is 0 Å². The van der Waals surface area contributed by atoms with Crippen molar-refractivity contribution >= 4 is 0 Å². The highest BCUT2D eigenvalue weighted by molar-refractivity contribution is 5.40. The molecule has 0 spiro atoms. The van der Waals surface area contributed by atoms with E-state index in [2.05, 4.69) is 36.6 Å². The van der Waals surface area contributed by atoms with Gasteiger partial charge in [-0.2, -0.15) is 0 Å². The van der Waals surface area contributed by atoms with Crippen LogP contribution in [0, 0.1) is 17.8 Å². The van der Waals surface area contributed by atoms with Crippen molar-refractivity contribution in [2.45, 2.75) is 50.5 Å². The Kier molecular flexibility index (Phi) is 2.91. The van der Waals surface area contributed by atoms with E-state index in [0.717, 1.165) is 29.7 Å². The van der Waals surface area contributed by atoms with E-state index in [1.54, 1.807) is 11.1 Å². The summed E-state index contributed by atoms with van der Waals surface area (Å²) in [6.07, 6.45) is 8.58. The van der Waals surface area contributed by atoms with Crippen LogP contribution in [0.3, 0.4) is 0 Å². The standard InChI is InChI=1S/C18H25N/c1-19-18(13-7-2-3-8-13)17-15-11-10-12-6-4-5-9-14(12)16(15)17/h4-6,9,13,15-19H,2-3,7-8,10-11H2,1H3. The molecule has 0 radical (unpaired) electrons. The molecule has 3 aliphatic carbocycles. The number of benzene rings is 1. The summed E-state index contributed by atoms with van der Waals surface area (Å²) >= 11 is 0. The summed E-state index contributed by atoms with van der Waals surface area (Å²) < 4.78 is 0. The molecule has 2 fully saturated rings. The predicted octanol–water partition coefficient (Wildman–Crippen LogP) is 3.74. The van der Waals surface area contributed by atoms with Crippen molar-refractivity contribution in [1.82, 2.24) is 5.32 Å². The minimum atomic E-state index is 0.781. The van der Waals surface area contributed by atoms with E-state index in [1.807, 2.05) is 0 Å². The van der Waals surface area contributed by atoms with Gasteiger partial charge < -0.3 is 5.32 Å². The van der Waals surface area contributed by atoms with Crippen LogP contribution in [-0.2, 0) is 6.42 Å². The highest BCUT2D eigenvalue weighted by atomic mass is 14.9. The molecule has 3 aliphatic rings. The van der Waals surface area contributed by atoms with Crippen molar-refractivity contribution in [3.63, 3.8) is 0 Å². The third-order valence-corrected chi connectivity index (χ3v) is 6.05. The molecular formula is C18H25N. The van der Waals surface area contributed by atoms with E-state index in [-0.39, 0.29) is 0 Å². The Morgan fingerprint density at radius 3 is 2.68 bits per heavy atom. The van der Waals surface area contributed by atoms with Crippen molar-refractivity contribution in [3.05, 3.63) is 35.4 Å². The fraction of sp³-hybridized carbons (Fsp3) is 0.667. The average molecular weight is 255 g/mol. The summed E-state index contributed by atoms with van der Waals surface area (Å²) in [4.78, 5) is 0. The second kappa shape index (κ2) is 4.63. The lowest BCUT2D eigenvalue weighted by Crippen LogP contribution is -2.35. The van der Waals surface area contributed by atoms with Crippen LogP contribution in [0.25, 0.3) is 0 Å². The summed E-state index contributed by atoms with van der Waals surface area (Å²) in [6, 6.07) is 9.98. The van der Waals surface area contributed by atoms with Crippen LogP contribution in [0.5, 0.6) is 0 Å². The first-order chi connectivity index (χ1) is 9.40. The van der Waals surface area contributed by atoms with E-state index in [0.29, 0.717) is 0 Å². The molecule has 1 aromatic carbocycles. The molecule has 0 aromatic heterocycles. The smallest absolute Gasteiger partial charge is 0.0129 e. The molecule has 4 rings (SSSR count). The maximum absolute atomic E-state index is 3.69. The monoisotopic (exact) mass is 255 g/mol. The number of rotatable bonds is 3. The molecule has 19 heavy (non-hydrogen) atoms. The molecule has 0 amide bonds. The zero-order valence-corrected chi connectivity index (χ0v) is 11.9. The quantitative estimate of drug-likeness (QED) is 0.867. The minimum absolute atomic E-state index is 0.781. The fourth-order valence-electron chi connectivity index (χ4n) is 5.17. The minimum Gasteiger partial charge on any atom is -0.316 e. The van der Waals surface area contributed by atoms with E-state index in [4.69, 9.17) is 0 Å². The van der Waals surface area contributed by atoms with Crippen molar-refractivity contribution < 1.29 is 0 Å². The topological polar surface area (TPSA) is 12.0 Å². The Hall–Kier alpha value is -0.820. The second-order valence-electron chi connectivity index (χ2n) is 6.86. The summed E-state index contributed by atoms with van der Waals surface area (Å²) in [5, 5.41) is 3.69. The van der Waals surface area contributed by atoms with Crippen LogP contribution in [0.1, 0.15) is 49.1 Å². The lowest BCUT2D eigenvalue weighted by atomic mass is 9.91. The normalized spacial score (nSPS) is 34.7. The Bertz CT molecular complexity index is 461. The molecule has 1 N–H and O–H groups in total. The second-order valence-corrected chi connectivity index (χ2v) is 6.86. The van der Waals surface area contributed by atoms with E-state index in [1.165, 1.54) is 38.5 Å². The Balaban J connectivity index is 1.58. The van der Waals surface area contributed by atoms with Gasteiger partial charge in [0, 0.05) is 6.04 Å². The van der Waals surface area contributed by atoms with Gasteiger partial charge in [0.15, 0.2) is 0 Å². The van der Waals surface area contributed by atoms with Crippen LogP contribution < -0.4 is 5.32 Å². The molecule has 2 saturated carbocycles. The van der Waals surface area contributed by atoms with E-state index in [9.17, 15) is 0 Å². The van der Waals surface area contributed by atoms with E-state index < -0.39 is 0 Å². The third-order valence-electron chi connectivity index (χ3n) is 6.05. The van der Waals surface area contributed by atoms with Gasteiger partial charge in [-0.15, -0.1) is 0 Å². The SMILES string of the molecule is CNC(C1CCCC1)C1C2CCc3ccccc3C21. The first kappa shape index (κ1) is 12.0. The summed E-state index contributed by atoms with van der Waals surface area (Å²) in [7, 11) is 2.19. The van der Waals surface area contributed by atoms with Crippen molar-refractivity contribution in [3.8, 4) is 0 Å². The predicted molar refractivity (Wildman–Crippen MR) is 79.3 cm³/mol. The van der Waals surface area contributed by atoms with Gasteiger partial charge in [-0.1, -0.05) is 37.1 Å². The largest absolute Gasteiger partial charge is 0.316 e. The van der Waals surface area contributed by atoms with Gasteiger partial charge in [0.25, 0.3) is 0 Å². The maximum atomic E-state index is 3.69. The summed E-state index contributed by atoms with van der Waals surface area (Å²) in [5.74, 6) is 3.74. The summed E-state index contributed by atoms with van der Waals surface area (Å²) in [6.45, 7) is 0. The van der Waals surface area contributed by atoms with Crippen molar-refractivity contribution in [1.29, 1.82) is 0 Å². The van der Waals surface area contributed by atoms with Gasteiger partial charge >= 0.3 is 0 Å². The number of fused-ring (bicyclic) bond motifs is 3. The fourth-order valence-corrected chi connectivity index (χ4v) is 5.17. The molecule has 1 aromatic rings. The highest BCUT2D eigenvalue weighted by Crippen LogP contribution is 2.62. The first-order valence-electron chi connectivity index (χ1n) is 8.15. The highest BCUT2D eigenvalue weighted by Gasteiger charge is 2.57. The molecule has 4 atom stereocenters. The average Bonchev–Trinajstić information content (AvgIpc) is 2.92. The zero-order chi connectivity index (χ0) is 12.8. The maximum Gasteiger partial charge on any atom is 0.0129 e. The zero-order valence-electron chi connectivity index (χ0n) is 11.9. The lowest BCUT2D eigenvalue weighted by Gasteiger charge is -2.23. The van der Waals surface area contributed by atoms with Crippen LogP contribution in [-0.4, -0.2) is 13.1 Å². The van der Waals surface area contributed by atoms with E-state index >= 15 is 0 Å². The lowest BCUT2D eigenvalue weighted by molar-refractivity contribution is 0.328. The van der Waals surface area contributed by atoms with Crippen molar-refractivity contribution in [2.24, 2.45) is 17.8 Å². The Morgan fingerprint density at radius 2 is 1.89 bits per heavy atom. The molecule has 0 aliphatic heterocycles. The number of nitrogens with one attached hydrogen (secondary N) is 1. The van der Waals surface area contributed by atoms with Crippen LogP contribution >= 0.6 is 0 Å². The third kappa shape index (κ3) is 1.86. The van der Waals surface area contributed by atoms with Crippen molar-refractivity contribution in [2.75, 3.05) is 7.05 Å². The number of hydrogen-bond acceptors (Lipinski definition) is 1. The molecule has 4 unspecified atom stereocenters. The van der Waals surface area contributed by atoms with Gasteiger partial charge in [0.2, 0.25) is 0 Å². The molecule has 0 bridgehead atoms. The molecule has 1 nitrogen and oxygen atoms in total. The molecule has 1 heteroatoms. The van der Waals surface area contributed by atoms with Gasteiger partial charge in [-0.25, -0.2) is 0 Å². The molecule has 0 saturated heterocycles. The first-order valence-corrected chi connectivity index (χ1v) is 8.15. The van der Waals surface area contributed by atoms with Gasteiger partial charge in [0.1, 0.15) is 0 Å².